The Labute approximate surface area is 222 Å². The van der Waals surface area contributed by atoms with E-state index in [0.29, 0.717) is 17.2 Å². The van der Waals surface area contributed by atoms with Gasteiger partial charge in [-0.2, -0.15) is 5.10 Å². The molecule has 7 nitrogen and oxygen atoms in total. The van der Waals surface area contributed by atoms with Gasteiger partial charge >= 0.3 is 5.97 Å². The molecule has 3 aromatic carbocycles. The predicted octanol–water partition coefficient (Wildman–Crippen LogP) is 5.53. The van der Waals surface area contributed by atoms with Gasteiger partial charge in [0.15, 0.2) is 6.10 Å². The van der Waals surface area contributed by atoms with Crippen LogP contribution in [0, 0.1) is 5.92 Å². The molecule has 0 saturated carbocycles. The Kier molecular flexibility index (Phi) is 7.38. The summed E-state index contributed by atoms with van der Waals surface area (Å²) in [6.07, 6.45) is 4.75. The fraction of sp³-hybridized carbons (Fsp3) is 0.258. The van der Waals surface area contributed by atoms with Crippen LogP contribution in [0.15, 0.2) is 90.0 Å². The summed E-state index contributed by atoms with van der Waals surface area (Å²) in [7, 11) is 2.90. The summed E-state index contributed by atoms with van der Waals surface area (Å²) in [4.78, 5) is 24.6. The number of nitrogens with one attached hydrogen (secondary N) is 2. The fourth-order valence-corrected chi connectivity index (χ4v) is 5.38. The number of allylic oxidation sites excluding steroid dienone is 2. The van der Waals surface area contributed by atoms with Crippen molar-refractivity contribution in [1.82, 2.24) is 5.43 Å². The average molecular weight is 510 g/mol. The molecule has 0 saturated heterocycles. The number of carbonyl (C=O) groups is 2. The number of hydrogen-bond acceptors (Lipinski definition) is 6. The maximum atomic E-state index is 12.8. The molecular weight excluding hydrogens is 478 g/mol. The van der Waals surface area contributed by atoms with Crippen LogP contribution in [-0.4, -0.2) is 31.8 Å². The van der Waals surface area contributed by atoms with Gasteiger partial charge in [-0.05, 0) is 65.8 Å². The summed E-state index contributed by atoms with van der Waals surface area (Å²) >= 11 is 0. The lowest BCUT2D eigenvalue weighted by Gasteiger charge is -2.37. The van der Waals surface area contributed by atoms with Crippen molar-refractivity contribution in [2.24, 2.45) is 11.0 Å². The molecule has 38 heavy (non-hydrogen) atoms. The van der Waals surface area contributed by atoms with Crippen LogP contribution in [-0.2, 0) is 14.3 Å². The molecule has 4 atom stereocenters. The molecule has 0 aromatic heterocycles. The van der Waals surface area contributed by atoms with Crippen LogP contribution in [0.3, 0.4) is 0 Å². The lowest BCUT2D eigenvalue weighted by Crippen LogP contribution is -2.29. The summed E-state index contributed by atoms with van der Waals surface area (Å²) in [5.74, 6) is -0.0446. The molecule has 1 aliphatic heterocycles. The first-order valence-electron chi connectivity index (χ1n) is 12.7. The van der Waals surface area contributed by atoms with Crippen LogP contribution in [0.1, 0.15) is 64.0 Å². The highest BCUT2D eigenvalue weighted by Gasteiger charge is 2.38. The van der Waals surface area contributed by atoms with E-state index >= 15 is 0 Å². The molecule has 2 aliphatic rings. The molecule has 0 spiro atoms. The van der Waals surface area contributed by atoms with Gasteiger partial charge in [-0.15, -0.1) is 0 Å². The number of anilines is 1. The van der Waals surface area contributed by atoms with E-state index in [9.17, 15) is 9.59 Å². The van der Waals surface area contributed by atoms with Gasteiger partial charge in [0.1, 0.15) is 0 Å². The topological polar surface area (TPSA) is 89.0 Å². The number of benzene rings is 3. The normalized spacial score (nSPS) is 20.6. The van der Waals surface area contributed by atoms with E-state index in [4.69, 9.17) is 9.47 Å². The van der Waals surface area contributed by atoms with Gasteiger partial charge in [0, 0.05) is 18.7 Å². The van der Waals surface area contributed by atoms with E-state index in [0.717, 1.165) is 28.8 Å². The number of carbonyl (C=O) groups excluding carboxylic acids is 2. The Hall–Kier alpha value is -4.23. The standard InChI is InChI=1S/C31H31N3O4/c1-19(33-34-30(35)29(37-2)21-8-5-4-6-9-21)23-16-17-27-26(18-23)24-10-7-11-25(24)28(32-27)20-12-14-22(15-13-20)31(36)38-3/h4-10,12-18,24-25,28-29,32H,11H2,1-3H3,(H,34,35)/b33-19+. The average Bonchev–Trinajstić information content (AvgIpc) is 3.46. The highest BCUT2D eigenvalue weighted by molar-refractivity contribution is 6.00. The number of hydrogen-bond donors (Lipinski definition) is 2. The van der Waals surface area contributed by atoms with E-state index in [2.05, 4.69) is 40.1 Å². The summed E-state index contributed by atoms with van der Waals surface area (Å²) in [6, 6.07) is 23.4. The lowest BCUT2D eigenvalue weighted by atomic mass is 9.76. The number of amides is 1. The number of esters is 1. The van der Waals surface area contributed by atoms with E-state index in [1.54, 1.807) is 0 Å². The molecule has 194 valence electrons. The van der Waals surface area contributed by atoms with Crippen molar-refractivity contribution in [2.75, 3.05) is 19.5 Å². The zero-order valence-corrected chi connectivity index (χ0v) is 21.7. The zero-order chi connectivity index (χ0) is 26.6. The molecule has 0 bridgehead atoms. The molecule has 1 heterocycles. The van der Waals surface area contributed by atoms with Crippen molar-refractivity contribution < 1.29 is 19.1 Å². The first-order valence-corrected chi connectivity index (χ1v) is 12.7. The number of hydrazone groups is 1. The number of methoxy groups -OCH3 is 2. The molecule has 1 aliphatic carbocycles. The van der Waals surface area contributed by atoms with Crippen LogP contribution in [0.4, 0.5) is 5.69 Å². The van der Waals surface area contributed by atoms with Crippen molar-refractivity contribution in [1.29, 1.82) is 0 Å². The summed E-state index contributed by atoms with van der Waals surface area (Å²) in [5.41, 5.74) is 9.05. The smallest absolute Gasteiger partial charge is 0.337 e. The van der Waals surface area contributed by atoms with Crippen molar-refractivity contribution >= 4 is 23.3 Å². The van der Waals surface area contributed by atoms with Crippen LogP contribution < -0.4 is 10.7 Å². The third kappa shape index (κ3) is 4.97. The van der Waals surface area contributed by atoms with Crippen molar-refractivity contribution in [3.8, 4) is 0 Å². The second kappa shape index (κ2) is 11.0. The number of ether oxygens (including phenoxy) is 2. The first-order chi connectivity index (χ1) is 18.5. The predicted molar refractivity (Wildman–Crippen MR) is 147 cm³/mol. The van der Waals surface area contributed by atoms with E-state index < -0.39 is 6.10 Å². The van der Waals surface area contributed by atoms with Crippen LogP contribution in [0.2, 0.25) is 0 Å². The minimum absolute atomic E-state index is 0.123. The number of rotatable bonds is 7. The Morgan fingerprint density at radius 3 is 2.45 bits per heavy atom. The first kappa shape index (κ1) is 25.4. The van der Waals surface area contributed by atoms with E-state index in [1.807, 2.05) is 67.6 Å². The molecule has 5 rings (SSSR count). The highest BCUT2D eigenvalue weighted by Crippen LogP contribution is 2.50. The van der Waals surface area contributed by atoms with Crippen LogP contribution >= 0.6 is 0 Å². The Morgan fingerprint density at radius 1 is 1.00 bits per heavy atom. The molecule has 1 amide bonds. The van der Waals surface area contributed by atoms with Gasteiger partial charge in [0.25, 0.3) is 5.91 Å². The van der Waals surface area contributed by atoms with Gasteiger partial charge < -0.3 is 14.8 Å². The molecule has 0 fully saturated rings. The minimum atomic E-state index is -0.733. The highest BCUT2D eigenvalue weighted by atomic mass is 16.5. The second-order valence-electron chi connectivity index (χ2n) is 9.59. The van der Waals surface area contributed by atoms with Crippen molar-refractivity contribution in [2.45, 2.75) is 31.4 Å². The van der Waals surface area contributed by atoms with Gasteiger partial charge in [0.2, 0.25) is 0 Å². The Balaban J connectivity index is 1.35. The molecular formula is C31H31N3O4. The fourth-order valence-electron chi connectivity index (χ4n) is 5.38. The summed E-state index contributed by atoms with van der Waals surface area (Å²) in [6.45, 7) is 1.89. The maximum absolute atomic E-state index is 12.8. The lowest BCUT2D eigenvalue weighted by molar-refractivity contribution is -0.131. The van der Waals surface area contributed by atoms with Crippen LogP contribution in [0.5, 0.6) is 0 Å². The number of nitrogens with zero attached hydrogens (tertiary/aromatic N) is 1. The second-order valence-corrected chi connectivity index (χ2v) is 9.59. The monoisotopic (exact) mass is 509 g/mol. The van der Waals surface area contributed by atoms with Gasteiger partial charge in [-0.3, -0.25) is 4.79 Å². The van der Waals surface area contributed by atoms with Crippen LogP contribution in [0.25, 0.3) is 0 Å². The van der Waals surface area contributed by atoms with Crippen molar-refractivity contribution in [3.05, 3.63) is 113 Å². The molecule has 3 aromatic rings. The molecule has 0 radical (unpaired) electrons. The Morgan fingerprint density at radius 2 is 1.74 bits per heavy atom. The van der Waals surface area contributed by atoms with Gasteiger partial charge in [-0.1, -0.05) is 60.7 Å². The zero-order valence-electron chi connectivity index (χ0n) is 21.7. The Bertz CT molecular complexity index is 1380. The third-order valence-corrected chi connectivity index (χ3v) is 7.38. The minimum Gasteiger partial charge on any atom is -0.465 e. The van der Waals surface area contributed by atoms with Gasteiger partial charge in [0.05, 0.1) is 24.4 Å². The van der Waals surface area contributed by atoms with Crippen molar-refractivity contribution in [3.63, 3.8) is 0 Å². The molecule has 4 unspecified atom stereocenters. The quantitative estimate of drug-likeness (QED) is 0.189. The van der Waals surface area contributed by atoms with Gasteiger partial charge in [-0.25, -0.2) is 10.2 Å². The maximum Gasteiger partial charge on any atom is 0.337 e. The summed E-state index contributed by atoms with van der Waals surface area (Å²) < 4.78 is 10.2. The third-order valence-electron chi connectivity index (χ3n) is 7.38. The van der Waals surface area contributed by atoms with E-state index in [-0.39, 0.29) is 23.8 Å². The SMILES string of the molecule is COC(=O)c1ccc(C2Nc3ccc(/C(C)=N/NC(=O)C(OC)c4ccccc4)cc3C3C=CCC32)cc1. The summed E-state index contributed by atoms with van der Waals surface area (Å²) in [5, 5.41) is 8.10. The molecule has 7 heteroatoms. The largest absolute Gasteiger partial charge is 0.465 e. The number of fused-ring (bicyclic) bond motifs is 3. The van der Waals surface area contributed by atoms with E-state index in [1.165, 1.54) is 19.8 Å². The molecule has 2 N–H and O–H groups in total.